The molecule has 1 saturated heterocycles. The first-order valence-electron chi connectivity index (χ1n) is 10.4. The van der Waals surface area contributed by atoms with E-state index in [9.17, 15) is 5.11 Å². The standard InChI is InChI=1S/C22H30N6O/c1-3-15-16(6-10-25-20(15)24)19-14(2)26-21(17(13-29)27-19)28-11-8-22(9-12-28)7-4-5-18(22)23/h3,6,10,18,29H,1,4-5,7-9,11-13,23H2,2H3,(H2,24,25)/t18-/m1/s1. The third kappa shape index (κ3) is 3.38. The van der Waals surface area contributed by atoms with Gasteiger partial charge in [0.1, 0.15) is 11.5 Å². The molecule has 2 aromatic rings. The largest absolute Gasteiger partial charge is 0.390 e. The lowest BCUT2D eigenvalue weighted by Gasteiger charge is -2.42. The summed E-state index contributed by atoms with van der Waals surface area (Å²) in [5.41, 5.74) is 16.4. The van der Waals surface area contributed by atoms with Crippen LogP contribution < -0.4 is 16.4 Å². The van der Waals surface area contributed by atoms with E-state index in [0.29, 0.717) is 23.2 Å². The van der Waals surface area contributed by atoms with Gasteiger partial charge in [-0.25, -0.2) is 15.0 Å². The van der Waals surface area contributed by atoms with Gasteiger partial charge in [0, 0.05) is 36.5 Å². The number of piperidine rings is 1. The van der Waals surface area contributed by atoms with Crippen LogP contribution in [0.4, 0.5) is 11.6 Å². The van der Waals surface area contributed by atoms with E-state index in [-0.39, 0.29) is 12.0 Å². The van der Waals surface area contributed by atoms with Crippen molar-refractivity contribution in [3.05, 3.63) is 35.8 Å². The molecule has 3 heterocycles. The van der Waals surface area contributed by atoms with Crippen LogP contribution in [0.15, 0.2) is 18.8 Å². The Morgan fingerprint density at radius 1 is 1.31 bits per heavy atom. The summed E-state index contributed by atoms with van der Waals surface area (Å²) in [5, 5.41) is 10.0. The summed E-state index contributed by atoms with van der Waals surface area (Å²) >= 11 is 0. The summed E-state index contributed by atoms with van der Waals surface area (Å²) in [6, 6.07) is 2.17. The zero-order chi connectivity index (χ0) is 20.6. The quantitative estimate of drug-likeness (QED) is 0.730. The maximum Gasteiger partial charge on any atom is 0.153 e. The molecule has 2 aliphatic rings. The maximum absolute atomic E-state index is 10.0. The number of pyridine rings is 1. The van der Waals surface area contributed by atoms with Crippen molar-refractivity contribution in [2.45, 2.75) is 51.7 Å². The number of nitrogens with two attached hydrogens (primary N) is 2. The van der Waals surface area contributed by atoms with Gasteiger partial charge in [0.05, 0.1) is 18.0 Å². The molecule has 2 aromatic heterocycles. The van der Waals surface area contributed by atoms with Crippen LogP contribution in [0.25, 0.3) is 17.3 Å². The van der Waals surface area contributed by atoms with Crippen molar-refractivity contribution in [3.8, 4) is 11.3 Å². The molecular formula is C22H30N6O. The summed E-state index contributed by atoms with van der Waals surface area (Å²) < 4.78 is 0. The first-order chi connectivity index (χ1) is 14.0. The monoisotopic (exact) mass is 394 g/mol. The number of aromatic nitrogens is 3. The summed E-state index contributed by atoms with van der Waals surface area (Å²) in [7, 11) is 0. The number of anilines is 2. The molecule has 7 heteroatoms. The van der Waals surface area contributed by atoms with Crippen molar-refractivity contribution >= 4 is 17.7 Å². The molecule has 0 radical (unpaired) electrons. The minimum atomic E-state index is -0.166. The molecule has 4 rings (SSSR count). The predicted octanol–water partition coefficient (Wildman–Crippen LogP) is 2.66. The second-order valence-corrected chi connectivity index (χ2v) is 8.30. The van der Waals surface area contributed by atoms with Crippen molar-refractivity contribution in [1.29, 1.82) is 0 Å². The van der Waals surface area contributed by atoms with Crippen molar-refractivity contribution in [2.24, 2.45) is 11.1 Å². The number of rotatable bonds is 4. The highest BCUT2D eigenvalue weighted by atomic mass is 16.3. The average Bonchev–Trinajstić information content (AvgIpc) is 3.08. The molecule has 1 atom stereocenters. The van der Waals surface area contributed by atoms with Crippen molar-refractivity contribution in [1.82, 2.24) is 15.0 Å². The van der Waals surface area contributed by atoms with Gasteiger partial charge >= 0.3 is 0 Å². The Kier molecular flexibility index (Phi) is 5.27. The number of nitrogen functional groups attached to an aromatic ring is 1. The molecule has 5 N–H and O–H groups in total. The van der Waals surface area contributed by atoms with Crippen LogP contribution in [0.2, 0.25) is 0 Å². The van der Waals surface area contributed by atoms with Crippen LogP contribution in [0.3, 0.4) is 0 Å². The Balaban J connectivity index is 1.66. The van der Waals surface area contributed by atoms with Gasteiger partial charge in [-0.15, -0.1) is 0 Å². The van der Waals surface area contributed by atoms with Crippen molar-refractivity contribution in [3.63, 3.8) is 0 Å². The lowest BCUT2D eigenvalue weighted by Crippen LogP contribution is -2.47. The Hall–Kier alpha value is -2.51. The van der Waals surface area contributed by atoms with E-state index in [1.54, 1.807) is 12.3 Å². The molecule has 154 valence electrons. The molecule has 29 heavy (non-hydrogen) atoms. The number of hydrogen-bond donors (Lipinski definition) is 3. The average molecular weight is 395 g/mol. The van der Waals surface area contributed by atoms with E-state index < -0.39 is 0 Å². The molecule has 1 aliphatic heterocycles. The summed E-state index contributed by atoms with van der Waals surface area (Å²) in [6.07, 6.45) is 9.08. The van der Waals surface area contributed by atoms with Crippen LogP contribution in [-0.4, -0.2) is 39.2 Å². The normalized spacial score (nSPS) is 20.9. The Morgan fingerprint density at radius 2 is 2.07 bits per heavy atom. The minimum Gasteiger partial charge on any atom is -0.390 e. The highest BCUT2D eigenvalue weighted by molar-refractivity contribution is 5.79. The lowest BCUT2D eigenvalue weighted by atomic mass is 9.74. The van der Waals surface area contributed by atoms with Gasteiger partial charge in [-0.2, -0.15) is 0 Å². The highest BCUT2D eigenvalue weighted by Crippen LogP contribution is 2.46. The number of aryl methyl sites for hydroxylation is 1. The third-order valence-corrected chi connectivity index (χ3v) is 6.79. The molecule has 1 aliphatic carbocycles. The van der Waals surface area contributed by atoms with E-state index in [4.69, 9.17) is 21.4 Å². The number of aliphatic hydroxyl groups excluding tert-OH is 1. The molecule has 0 unspecified atom stereocenters. The Morgan fingerprint density at radius 3 is 2.69 bits per heavy atom. The first-order valence-corrected chi connectivity index (χ1v) is 10.4. The summed E-state index contributed by atoms with van der Waals surface area (Å²) in [4.78, 5) is 16.0. The van der Waals surface area contributed by atoms with Crippen molar-refractivity contribution < 1.29 is 5.11 Å². The second kappa shape index (κ2) is 7.72. The SMILES string of the molecule is C=Cc1c(-c2nc(CO)c(N3CCC4(CCC[C@H]4N)CC3)nc2C)ccnc1N. The fraction of sp³-hybridized carbons (Fsp3) is 0.500. The van der Waals surface area contributed by atoms with Gasteiger partial charge < -0.3 is 21.5 Å². The highest BCUT2D eigenvalue weighted by Gasteiger charge is 2.43. The van der Waals surface area contributed by atoms with Crippen molar-refractivity contribution in [2.75, 3.05) is 23.7 Å². The van der Waals surface area contributed by atoms with Gasteiger partial charge in [0.25, 0.3) is 0 Å². The molecule has 0 bridgehead atoms. The van der Waals surface area contributed by atoms with Crippen LogP contribution in [0.5, 0.6) is 0 Å². The fourth-order valence-corrected chi connectivity index (χ4v) is 5.02. The van der Waals surface area contributed by atoms with E-state index in [2.05, 4.69) is 16.5 Å². The van der Waals surface area contributed by atoms with Gasteiger partial charge in [0.15, 0.2) is 5.82 Å². The van der Waals surface area contributed by atoms with Gasteiger partial charge in [-0.05, 0) is 44.1 Å². The van der Waals surface area contributed by atoms with Gasteiger partial charge in [-0.3, -0.25) is 0 Å². The topological polar surface area (TPSA) is 114 Å². The van der Waals surface area contributed by atoms with Gasteiger partial charge in [0.2, 0.25) is 0 Å². The number of nitrogens with zero attached hydrogens (tertiary/aromatic N) is 4. The number of hydrogen-bond acceptors (Lipinski definition) is 7. The molecular weight excluding hydrogens is 364 g/mol. The van der Waals surface area contributed by atoms with E-state index >= 15 is 0 Å². The zero-order valence-electron chi connectivity index (χ0n) is 17.1. The van der Waals surface area contributed by atoms with E-state index in [1.807, 2.05) is 13.0 Å². The van der Waals surface area contributed by atoms with E-state index in [0.717, 1.165) is 55.0 Å². The van der Waals surface area contributed by atoms with Crippen LogP contribution in [0, 0.1) is 12.3 Å². The van der Waals surface area contributed by atoms with E-state index in [1.165, 1.54) is 12.8 Å². The summed E-state index contributed by atoms with van der Waals surface area (Å²) in [5.74, 6) is 1.18. The molecule has 1 saturated carbocycles. The first kappa shape index (κ1) is 19.8. The maximum atomic E-state index is 10.0. The molecule has 1 spiro atoms. The molecule has 0 aromatic carbocycles. The second-order valence-electron chi connectivity index (χ2n) is 8.30. The molecule has 7 nitrogen and oxygen atoms in total. The Labute approximate surface area is 171 Å². The minimum absolute atomic E-state index is 0.166. The predicted molar refractivity (Wildman–Crippen MR) is 116 cm³/mol. The third-order valence-electron chi connectivity index (χ3n) is 6.79. The number of aliphatic hydroxyl groups is 1. The Bertz CT molecular complexity index is 920. The van der Waals surface area contributed by atoms with Crippen LogP contribution >= 0.6 is 0 Å². The van der Waals surface area contributed by atoms with Crippen LogP contribution in [-0.2, 0) is 6.61 Å². The summed E-state index contributed by atoms with van der Waals surface area (Å²) in [6.45, 7) is 7.41. The lowest BCUT2D eigenvalue weighted by molar-refractivity contribution is 0.196. The fourth-order valence-electron chi connectivity index (χ4n) is 5.02. The zero-order valence-corrected chi connectivity index (χ0v) is 17.1. The van der Waals surface area contributed by atoms with Gasteiger partial charge in [-0.1, -0.05) is 19.1 Å². The smallest absolute Gasteiger partial charge is 0.153 e. The molecule has 0 amide bonds. The van der Waals surface area contributed by atoms with Crippen LogP contribution in [0.1, 0.15) is 49.1 Å². The molecule has 2 fully saturated rings.